The van der Waals surface area contributed by atoms with E-state index in [4.69, 9.17) is 15.0 Å². The Labute approximate surface area is 365 Å². The van der Waals surface area contributed by atoms with E-state index in [1.165, 1.54) is 31.5 Å². The van der Waals surface area contributed by atoms with Gasteiger partial charge in [0.1, 0.15) is 0 Å². The molecule has 0 saturated heterocycles. The van der Waals surface area contributed by atoms with Gasteiger partial charge in [0.15, 0.2) is 19.7 Å². The number of rotatable bonds is 8. The van der Waals surface area contributed by atoms with Crippen molar-refractivity contribution in [3.63, 3.8) is 0 Å². The zero-order valence-electron chi connectivity index (χ0n) is 34.3. The summed E-state index contributed by atoms with van der Waals surface area (Å²) in [5.74, 6) is 1.77. The van der Waals surface area contributed by atoms with Gasteiger partial charge in [-0.1, -0.05) is 206 Å². The van der Waals surface area contributed by atoms with E-state index >= 15 is 0 Å². The van der Waals surface area contributed by atoms with Gasteiger partial charge < -0.3 is 4.57 Å². The van der Waals surface area contributed by atoms with Gasteiger partial charge in [-0.2, -0.15) is 9.97 Å². The Kier molecular flexibility index (Phi) is 8.76. The highest BCUT2D eigenvalue weighted by molar-refractivity contribution is 7.20. The molecule has 0 radical (unpaired) electrons. The molecule has 0 saturated carbocycles. The summed E-state index contributed by atoms with van der Waals surface area (Å²) in [5, 5.41) is 9.65. The quantitative estimate of drug-likeness (QED) is 0.113. The lowest BCUT2D eigenvalue weighted by Gasteiger charge is -2.36. The fourth-order valence-electron chi connectivity index (χ4n) is 9.92. The summed E-state index contributed by atoms with van der Waals surface area (Å²) in [6.07, 6.45) is 0. The molecule has 0 spiro atoms. The van der Waals surface area contributed by atoms with Crippen molar-refractivity contribution in [1.29, 1.82) is 0 Å². The molecule has 12 rings (SSSR count). The van der Waals surface area contributed by atoms with Crippen molar-refractivity contribution in [3.05, 3.63) is 237 Å². The largest absolute Gasteiger partial charge is 0.309 e. The van der Waals surface area contributed by atoms with Gasteiger partial charge in [-0.3, -0.25) is 4.57 Å². The molecule has 3 heterocycles. The van der Waals surface area contributed by atoms with E-state index < -0.39 is 8.07 Å². The maximum absolute atomic E-state index is 5.71. The van der Waals surface area contributed by atoms with E-state index in [2.05, 4.69) is 240 Å². The molecule has 0 amide bonds. The van der Waals surface area contributed by atoms with Crippen molar-refractivity contribution in [2.75, 3.05) is 0 Å². The number of nitrogens with zero attached hydrogens (tertiary/aromatic N) is 5. The first-order valence-electron chi connectivity index (χ1n) is 21.4. The van der Waals surface area contributed by atoms with E-state index in [0.717, 1.165) is 49.7 Å². The van der Waals surface area contributed by atoms with Gasteiger partial charge in [-0.25, -0.2) is 4.98 Å². The molecule has 0 fully saturated rings. The van der Waals surface area contributed by atoms with Crippen LogP contribution >= 0.6 is 0 Å². The standard InChI is InChI=1S/C57H39N5Si/c1-5-22-40(23-6-1)55-58-56(60-57(59-55)62-50-36-19-15-32-46(50)47-33-16-20-37-51(47)62)54-52(61-48-34-17-13-30-44(48)45-31-14-18-35-49(45)61)38-21-39-53(54)63(41-24-7-2-8-25-41,42-26-9-3-10-27-42)43-28-11-4-12-29-43/h1-39H. The van der Waals surface area contributed by atoms with E-state index in [9.17, 15) is 0 Å². The van der Waals surface area contributed by atoms with Crippen molar-refractivity contribution >= 4 is 72.4 Å². The Morgan fingerprint density at radius 3 is 1.14 bits per heavy atom. The maximum atomic E-state index is 5.71. The van der Waals surface area contributed by atoms with Crippen LogP contribution in [-0.2, 0) is 0 Å². The second-order valence-electron chi connectivity index (χ2n) is 15.9. The van der Waals surface area contributed by atoms with Gasteiger partial charge in [0.25, 0.3) is 0 Å². The number of aromatic nitrogens is 5. The van der Waals surface area contributed by atoms with Crippen molar-refractivity contribution in [3.8, 4) is 34.4 Å². The van der Waals surface area contributed by atoms with E-state index in [1.54, 1.807) is 0 Å². The number of hydrogen-bond donors (Lipinski definition) is 0. The highest BCUT2D eigenvalue weighted by atomic mass is 28.3. The summed E-state index contributed by atoms with van der Waals surface area (Å²) in [7, 11) is -3.19. The minimum absolute atomic E-state index is 0.561. The second kappa shape index (κ2) is 15.1. The highest BCUT2D eigenvalue weighted by Gasteiger charge is 2.44. The zero-order valence-corrected chi connectivity index (χ0v) is 35.3. The van der Waals surface area contributed by atoms with Crippen LogP contribution in [0, 0.1) is 0 Å². The van der Waals surface area contributed by atoms with Gasteiger partial charge in [0, 0.05) is 32.7 Å². The normalized spacial score (nSPS) is 11.8. The fraction of sp³-hybridized carbons (Fsp3) is 0. The molecule has 0 bridgehead atoms. The zero-order chi connectivity index (χ0) is 41.7. The topological polar surface area (TPSA) is 48.5 Å². The Hall–Kier alpha value is -8.19. The SMILES string of the molecule is c1ccc(-c2nc(-c3c(-n4c5ccccc5c5ccccc54)cccc3[Si](c3ccccc3)(c3ccccc3)c3ccccc3)nc(-n3c4ccccc4c4ccccc43)n2)cc1. The van der Waals surface area contributed by atoms with Crippen LogP contribution in [0.2, 0.25) is 0 Å². The molecule has 0 unspecified atom stereocenters. The summed E-state index contributed by atoms with van der Waals surface area (Å²) in [6, 6.07) is 85.0. The summed E-state index contributed by atoms with van der Waals surface area (Å²) >= 11 is 0. The predicted molar refractivity (Wildman–Crippen MR) is 263 cm³/mol. The minimum Gasteiger partial charge on any atom is -0.309 e. The average Bonchev–Trinajstić information content (AvgIpc) is 3.88. The Balaban J connectivity index is 1.29. The molecule has 12 aromatic rings. The Morgan fingerprint density at radius 1 is 0.302 bits per heavy atom. The van der Waals surface area contributed by atoms with Crippen LogP contribution in [0.15, 0.2) is 237 Å². The van der Waals surface area contributed by atoms with Crippen LogP contribution in [-0.4, -0.2) is 32.2 Å². The Morgan fingerprint density at radius 2 is 0.683 bits per heavy atom. The van der Waals surface area contributed by atoms with E-state index in [1.807, 2.05) is 6.07 Å². The number of hydrogen-bond acceptors (Lipinski definition) is 3. The molecular weight excluding hydrogens is 783 g/mol. The number of benzene rings is 9. The smallest absolute Gasteiger partial charge is 0.238 e. The molecule has 0 aliphatic carbocycles. The lowest BCUT2D eigenvalue weighted by molar-refractivity contribution is 0.952. The summed E-state index contributed by atoms with van der Waals surface area (Å²) in [6.45, 7) is 0. The van der Waals surface area contributed by atoms with Gasteiger partial charge in [0.2, 0.25) is 5.95 Å². The van der Waals surface area contributed by atoms with Gasteiger partial charge in [-0.15, -0.1) is 0 Å². The van der Waals surface area contributed by atoms with Crippen molar-refractivity contribution in [1.82, 2.24) is 24.1 Å². The predicted octanol–water partition coefficient (Wildman–Crippen LogP) is 10.8. The molecule has 63 heavy (non-hydrogen) atoms. The lowest BCUT2D eigenvalue weighted by atomic mass is 10.1. The van der Waals surface area contributed by atoms with Crippen molar-refractivity contribution in [2.45, 2.75) is 0 Å². The monoisotopic (exact) mass is 821 g/mol. The van der Waals surface area contributed by atoms with Crippen LogP contribution in [0.1, 0.15) is 0 Å². The Bertz CT molecular complexity index is 3420. The molecule has 3 aromatic heterocycles. The third-order valence-electron chi connectivity index (χ3n) is 12.5. The third kappa shape index (κ3) is 5.80. The molecule has 6 heteroatoms. The van der Waals surface area contributed by atoms with Gasteiger partial charge >= 0.3 is 0 Å². The lowest BCUT2D eigenvalue weighted by Crippen LogP contribution is -2.75. The third-order valence-corrected chi connectivity index (χ3v) is 17.4. The minimum atomic E-state index is -3.19. The van der Waals surface area contributed by atoms with E-state index in [0.29, 0.717) is 17.6 Å². The summed E-state index contributed by atoms with van der Waals surface area (Å²) in [5.41, 5.74) is 7.18. The fourth-order valence-corrected chi connectivity index (χ4v) is 14.9. The highest BCUT2D eigenvalue weighted by Crippen LogP contribution is 2.37. The summed E-state index contributed by atoms with van der Waals surface area (Å²) in [4.78, 5) is 16.7. The molecule has 0 aliphatic rings. The number of para-hydroxylation sites is 4. The van der Waals surface area contributed by atoms with E-state index in [-0.39, 0.29) is 0 Å². The van der Waals surface area contributed by atoms with Crippen molar-refractivity contribution in [2.24, 2.45) is 0 Å². The molecule has 0 N–H and O–H groups in total. The first-order chi connectivity index (χ1) is 31.3. The van der Waals surface area contributed by atoms with Crippen LogP contribution in [0.5, 0.6) is 0 Å². The summed E-state index contributed by atoms with van der Waals surface area (Å²) < 4.78 is 4.64. The van der Waals surface area contributed by atoms with Crippen LogP contribution < -0.4 is 20.7 Å². The molecular formula is C57H39N5Si. The van der Waals surface area contributed by atoms with Crippen LogP contribution in [0.3, 0.4) is 0 Å². The van der Waals surface area contributed by atoms with Gasteiger partial charge in [0.05, 0.1) is 27.8 Å². The molecule has 296 valence electrons. The van der Waals surface area contributed by atoms with Crippen LogP contribution in [0.4, 0.5) is 0 Å². The second-order valence-corrected chi connectivity index (χ2v) is 19.7. The molecule has 0 aliphatic heterocycles. The molecule has 0 atom stereocenters. The first-order valence-corrected chi connectivity index (χ1v) is 23.4. The molecule has 5 nitrogen and oxygen atoms in total. The average molecular weight is 822 g/mol. The first kappa shape index (κ1) is 36.6. The van der Waals surface area contributed by atoms with Gasteiger partial charge in [-0.05, 0) is 51.1 Å². The van der Waals surface area contributed by atoms with Crippen molar-refractivity contribution < 1.29 is 0 Å². The number of fused-ring (bicyclic) bond motifs is 6. The molecule has 9 aromatic carbocycles. The van der Waals surface area contributed by atoms with Crippen LogP contribution in [0.25, 0.3) is 78.0 Å². The maximum Gasteiger partial charge on any atom is 0.238 e.